The molecule has 2 nitrogen and oxygen atoms in total. The molecule has 0 aromatic heterocycles. The first-order chi connectivity index (χ1) is 6.97. The molecule has 1 N–H and O–H groups in total. The standard InChI is InChI=1S/C14H28N2/c1-11-9-13(5,6)16(12(2,3)4)14(7,8)10-15-11/h15H,1,9-10H2,2-8H3. The van der Waals surface area contributed by atoms with E-state index in [2.05, 4.69) is 65.3 Å². The monoisotopic (exact) mass is 224 g/mol. The Bertz CT molecular complexity index is 282. The van der Waals surface area contributed by atoms with Gasteiger partial charge in [0.1, 0.15) is 0 Å². The lowest BCUT2D eigenvalue weighted by molar-refractivity contribution is -0.0475. The number of nitrogens with zero attached hydrogens (tertiary/aromatic N) is 1. The molecule has 1 saturated heterocycles. The first-order valence-electron chi connectivity index (χ1n) is 6.19. The Kier molecular flexibility index (Phi) is 3.19. The van der Waals surface area contributed by atoms with Crippen molar-refractivity contribution < 1.29 is 0 Å². The van der Waals surface area contributed by atoms with Gasteiger partial charge in [-0.25, -0.2) is 0 Å². The largest absolute Gasteiger partial charge is 0.387 e. The molecule has 2 heteroatoms. The van der Waals surface area contributed by atoms with E-state index in [-0.39, 0.29) is 16.6 Å². The highest BCUT2D eigenvalue weighted by Gasteiger charge is 2.45. The van der Waals surface area contributed by atoms with Crippen LogP contribution >= 0.6 is 0 Å². The first kappa shape index (κ1) is 13.6. The highest BCUT2D eigenvalue weighted by atomic mass is 15.3. The molecule has 0 amide bonds. The average molecular weight is 224 g/mol. The summed E-state index contributed by atoms with van der Waals surface area (Å²) in [6, 6.07) is 0. The minimum Gasteiger partial charge on any atom is -0.387 e. The Labute approximate surface area is 101 Å². The van der Waals surface area contributed by atoms with Crippen molar-refractivity contribution in [3.8, 4) is 0 Å². The van der Waals surface area contributed by atoms with Crippen LogP contribution in [0.1, 0.15) is 54.9 Å². The van der Waals surface area contributed by atoms with Crippen molar-refractivity contribution >= 4 is 0 Å². The van der Waals surface area contributed by atoms with Gasteiger partial charge in [-0.15, -0.1) is 0 Å². The van der Waals surface area contributed by atoms with Crippen molar-refractivity contribution in [2.75, 3.05) is 6.54 Å². The van der Waals surface area contributed by atoms with Gasteiger partial charge in [-0.1, -0.05) is 6.58 Å². The third kappa shape index (κ3) is 2.60. The molecule has 0 bridgehead atoms. The van der Waals surface area contributed by atoms with Crippen LogP contribution in [0.2, 0.25) is 0 Å². The maximum absolute atomic E-state index is 4.11. The van der Waals surface area contributed by atoms with Crippen molar-refractivity contribution in [2.45, 2.75) is 71.5 Å². The molecule has 0 aromatic carbocycles. The zero-order chi connectivity index (χ0) is 12.8. The van der Waals surface area contributed by atoms with Gasteiger partial charge in [0.15, 0.2) is 0 Å². The molecule has 1 fully saturated rings. The normalized spacial score (nSPS) is 26.1. The molecule has 0 atom stereocenters. The second-order valence-corrected chi connectivity index (χ2v) is 7.26. The number of hydrogen-bond acceptors (Lipinski definition) is 2. The van der Waals surface area contributed by atoms with Crippen LogP contribution in [0.25, 0.3) is 0 Å². The Morgan fingerprint density at radius 1 is 1.12 bits per heavy atom. The zero-order valence-electron chi connectivity index (χ0n) is 12.1. The van der Waals surface area contributed by atoms with Gasteiger partial charge >= 0.3 is 0 Å². The molecule has 0 saturated carbocycles. The van der Waals surface area contributed by atoms with Gasteiger partial charge in [-0.3, -0.25) is 4.90 Å². The summed E-state index contributed by atoms with van der Waals surface area (Å²) in [5, 5.41) is 3.46. The molecule has 0 unspecified atom stereocenters. The van der Waals surface area contributed by atoms with Crippen LogP contribution in [0.15, 0.2) is 12.3 Å². The molecule has 1 rings (SSSR count). The lowest BCUT2D eigenvalue weighted by Crippen LogP contribution is -2.64. The smallest absolute Gasteiger partial charge is 0.0336 e. The Morgan fingerprint density at radius 2 is 1.62 bits per heavy atom. The molecule has 0 aliphatic carbocycles. The molecule has 94 valence electrons. The van der Waals surface area contributed by atoms with E-state index in [4.69, 9.17) is 0 Å². The van der Waals surface area contributed by atoms with E-state index in [0.717, 1.165) is 18.7 Å². The summed E-state index contributed by atoms with van der Waals surface area (Å²) < 4.78 is 0. The fraction of sp³-hybridized carbons (Fsp3) is 0.857. The predicted molar refractivity (Wildman–Crippen MR) is 71.5 cm³/mol. The van der Waals surface area contributed by atoms with Gasteiger partial charge in [0.05, 0.1) is 0 Å². The lowest BCUT2D eigenvalue weighted by Gasteiger charge is -2.54. The fourth-order valence-electron chi connectivity index (χ4n) is 3.72. The molecule has 0 aromatic rings. The molecule has 0 spiro atoms. The van der Waals surface area contributed by atoms with Crippen molar-refractivity contribution in [2.24, 2.45) is 0 Å². The van der Waals surface area contributed by atoms with E-state index in [0.29, 0.717) is 0 Å². The lowest BCUT2D eigenvalue weighted by atomic mass is 9.85. The van der Waals surface area contributed by atoms with Crippen molar-refractivity contribution in [3.63, 3.8) is 0 Å². The highest BCUT2D eigenvalue weighted by molar-refractivity contribution is 5.11. The van der Waals surface area contributed by atoms with Crippen molar-refractivity contribution in [3.05, 3.63) is 12.3 Å². The van der Waals surface area contributed by atoms with Gasteiger partial charge in [0.25, 0.3) is 0 Å². The Balaban J connectivity index is 3.19. The predicted octanol–water partition coefficient (Wildman–Crippen LogP) is 3.15. The van der Waals surface area contributed by atoms with Gasteiger partial charge < -0.3 is 5.32 Å². The summed E-state index contributed by atoms with van der Waals surface area (Å²) in [5.74, 6) is 0. The summed E-state index contributed by atoms with van der Waals surface area (Å²) >= 11 is 0. The van der Waals surface area contributed by atoms with E-state index in [1.165, 1.54) is 0 Å². The third-order valence-corrected chi connectivity index (χ3v) is 3.30. The third-order valence-electron chi connectivity index (χ3n) is 3.30. The topological polar surface area (TPSA) is 15.3 Å². The summed E-state index contributed by atoms with van der Waals surface area (Å²) in [5.41, 5.74) is 1.60. The maximum atomic E-state index is 4.11. The quantitative estimate of drug-likeness (QED) is 0.680. The Hall–Kier alpha value is -0.500. The summed E-state index contributed by atoms with van der Waals surface area (Å²) in [6.07, 6.45) is 1.01. The van der Waals surface area contributed by atoms with Gasteiger partial charge in [0, 0.05) is 35.3 Å². The van der Waals surface area contributed by atoms with Crippen molar-refractivity contribution in [1.29, 1.82) is 0 Å². The number of hydrogen-bond donors (Lipinski definition) is 1. The van der Waals surface area contributed by atoms with Crippen molar-refractivity contribution in [1.82, 2.24) is 10.2 Å². The van der Waals surface area contributed by atoms with Crippen LogP contribution in [-0.2, 0) is 0 Å². The molecule has 1 aliphatic rings. The van der Waals surface area contributed by atoms with E-state index in [1.54, 1.807) is 0 Å². The van der Waals surface area contributed by atoms with E-state index in [9.17, 15) is 0 Å². The molecule has 16 heavy (non-hydrogen) atoms. The van der Waals surface area contributed by atoms with E-state index >= 15 is 0 Å². The minimum absolute atomic E-state index is 0.140. The second kappa shape index (κ2) is 3.76. The summed E-state index contributed by atoms with van der Waals surface area (Å²) in [4.78, 5) is 2.62. The van der Waals surface area contributed by atoms with Gasteiger partial charge in [0.2, 0.25) is 0 Å². The molecule has 1 heterocycles. The SMILES string of the molecule is C=C1CC(C)(C)N(C(C)(C)C)C(C)(C)CN1. The summed E-state index contributed by atoms with van der Waals surface area (Å²) in [6.45, 7) is 21.2. The van der Waals surface area contributed by atoms with E-state index < -0.39 is 0 Å². The van der Waals surface area contributed by atoms with Crippen LogP contribution in [0.3, 0.4) is 0 Å². The molecular formula is C14H28N2. The van der Waals surface area contributed by atoms with E-state index in [1.807, 2.05) is 0 Å². The molecule has 0 radical (unpaired) electrons. The first-order valence-corrected chi connectivity index (χ1v) is 6.19. The van der Waals surface area contributed by atoms with Crippen LogP contribution in [-0.4, -0.2) is 28.1 Å². The minimum atomic E-state index is 0.140. The second-order valence-electron chi connectivity index (χ2n) is 7.26. The molecular weight excluding hydrogens is 196 g/mol. The number of rotatable bonds is 0. The maximum Gasteiger partial charge on any atom is 0.0336 e. The van der Waals surface area contributed by atoms with Crippen LogP contribution in [0.4, 0.5) is 0 Å². The van der Waals surface area contributed by atoms with Gasteiger partial charge in [-0.05, 0) is 48.5 Å². The van der Waals surface area contributed by atoms with Crippen LogP contribution in [0, 0.1) is 0 Å². The zero-order valence-corrected chi connectivity index (χ0v) is 12.1. The van der Waals surface area contributed by atoms with Gasteiger partial charge in [-0.2, -0.15) is 0 Å². The summed E-state index contributed by atoms with van der Waals surface area (Å²) in [7, 11) is 0. The molecule has 1 aliphatic heterocycles. The number of nitrogens with one attached hydrogen (secondary N) is 1. The highest BCUT2D eigenvalue weighted by Crippen LogP contribution is 2.38. The Morgan fingerprint density at radius 3 is 2.06 bits per heavy atom. The fourth-order valence-corrected chi connectivity index (χ4v) is 3.72. The van der Waals surface area contributed by atoms with Crippen LogP contribution < -0.4 is 5.32 Å². The average Bonchev–Trinajstić information content (AvgIpc) is 2.01. The van der Waals surface area contributed by atoms with Crippen LogP contribution in [0.5, 0.6) is 0 Å².